The fourth-order valence-electron chi connectivity index (χ4n) is 1.91. The van der Waals surface area contributed by atoms with E-state index in [2.05, 4.69) is 9.97 Å². The Bertz CT molecular complexity index is 268. The number of nitrogens with two attached hydrogens (primary N) is 2. The summed E-state index contributed by atoms with van der Waals surface area (Å²) in [5, 5.41) is 0. The molecule has 15 heavy (non-hydrogen) atoms. The summed E-state index contributed by atoms with van der Waals surface area (Å²) in [6.07, 6.45) is 4.21. The molecule has 0 aliphatic heterocycles. The highest BCUT2D eigenvalue weighted by atomic mass is 15.1. The number of H-pyrrole nitrogens is 1. The highest BCUT2D eigenvalue weighted by molar-refractivity contribution is 5.07. The normalized spacial score (nSPS) is 17.7. The zero-order valence-corrected chi connectivity index (χ0v) is 9.70. The first-order valence-corrected chi connectivity index (χ1v) is 5.13. The molecule has 0 radical (unpaired) electrons. The third-order valence-corrected chi connectivity index (χ3v) is 2.25. The van der Waals surface area contributed by atoms with Crippen LogP contribution in [0.2, 0.25) is 0 Å². The molecule has 2 unspecified atom stereocenters. The van der Waals surface area contributed by atoms with E-state index in [9.17, 15) is 0 Å². The van der Waals surface area contributed by atoms with Gasteiger partial charge in [-0.05, 0) is 27.4 Å². The number of nitrogens with zero attached hydrogens (tertiary/aromatic N) is 2. The van der Waals surface area contributed by atoms with Crippen molar-refractivity contribution in [2.75, 3.05) is 20.6 Å². The van der Waals surface area contributed by atoms with Gasteiger partial charge in [-0.2, -0.15) is 0 Å². The molecule has 1 aromatic heterocycles. The van der Waals surface area contributed by atoms with Gasteiger partial charge < -0.3 is 21.4 Å². The van der Waals surface area contributed by atoms with Gasteiger partial charge >= 0.3 is 0 Å². The van der Waals surface area contributed by atoms with E-state index in [4.69, 9.17) is 11.5 Å². The van der Waals surface area contributed by atoms with Crippen LogP contribution in [0.25, 0.3) is 0 Å². The summed E-state index contributed by atoms with van der Waals surface area (Å²) in [5.74, 6) is 0.800. The van der Waals surface area contributed by atoms with Crippen molar-refractivity contribution in [1.82, 2.24) is 14.9 Å². The average molecular weight is 211 g/mol. The lowest BCUT2D eigenvalue weighted by Gasteiger charge is -2.31. The minimum atomic E-state index is -0.499. The van der Waals surface area contributed by atoms with E-state index in [1.807, 2.05) is 25.9 Å². The lowest BCUT2D eigenvalue weighted by molar-refractivity contribution is 0.251. The summed E-state index contributed by atoms with van der Waals surface area (Å²) < 4.78 is 0. The Hall–Kier alpha value is -0.910. The molecule has 0 saturated heterocycles. The van der Waals surface area contributed by atoms with Crippen molar-refractivity contribution in [3.05, 3.63) is 18.2 Å². The van der Waals surface area contributed by atoms with Crippen LogP contribution in [-0.4, -0.2) is 41.5 Å². The summed E-state index contributed by atoms with van der Waals surface area (Å²) in [6.45, 7) is 2.68. The second-order valence-corrected chi connectivity index (χ2v) is 4.51. The van der Waals surface area contributed by atoms with Gasteiger partial charge in [0.2, 0.25) is 0 Å². The molecule has 0 amide bonds. The molecule has 0 aliphatic rings. The zero-order chi connectivity index (χ0) is 11.5. The Morgan fingerprint density at radius 2 is 2.27 bits per heavy atom. The molecule has 5 nitrogen and oxygen atoms in total. The molecule has 1 rings (SSSR count). The molecule has 1 heterocycles. The fourth-order valence-corrected chi connectivity index (χ4v) is 1.91. The lowest BCUT2D eigenvalue weighted by atomic mass is 9.91. The molecule has 5 heteroatoms. The van der Waals surface area contributed by atoms with E-state index in [1.54, 1.807) is 12.4 Å². The van der Waals surface area contributed by atoms with Gasteiger partial charge in [0.25, 0.3) is 0 Å². The molecule has 0 spiro atoms. The first-order valence-electron chi connectivity index (χ1n) is 5.13. The van der Waals surface area contributed by atoms with Crippen molar-refractivity contribution in [2.45, 2.75) is 24.9 Å². The smallest absolute Gasteiger partial charge is 0.127 e. The molecule has 0 aliphatic carbocycles. The molecule has 0 bridgehead atoms. The molecule has 0 fully saturated rings. The standard InChI is InChI=1S/C10H21N5/c1-8(11)6-10(12,7-15(2)3)9-13-4-5-14-9/h4-5,8H,6-7,11-12H2,1-3H3,(H,13,14). The van der Waals surface area contributed by atoms with Crippen LogP contribution >= 0.6 is 0 Å². The van der Waals surface area contributed by atoms with Crippen LogP contribution in [0, 0.1) is 0 Å². The van der Waals surface area contributed by atoms with Crippen LogP contribution in [-0.2, 0) is 5.54 Å². The van der Waals surface area contributed by atoms with Gasteiger partial charge in [0.05, 0.1) is 5.54 Å². The van der Waals surface area contributed by atoms with Crippen LogP contribution in [0.15, 0.2) is 12.4 Å². The maximum atomic E-state index is 6.35. The number of hydrogen-bond acceptors (Lipinski definition) is 4. The molecule has 1 aromatic rings. The van der Waals surface area contributed by atoms with Gasteiger partial charge in [-0.3, -0.25) is 0 Å². The molecular weight excluding hydrogens is 190 g/mol. The SMILES string of the molecule is CC(N)CC(N)(CN(C)C)c1ncc[nH]1. The Labute approximate surface area is 90.9 Å². The van der Waals surface area contributed by atoms with E-state index in [1.165, 1.54) is 0 Å². The Balaban J connectivity index is 2.85. The predicted octanol–water partition coefficient (Wildman–Crippen LogP) is -0.137. The van der Waals surface area contributed by atoms with Crippen molar-refractivity contribution in [3.8, 4) is 0 Å². The lowest BCUT2D eigenvalue weighted by Crippen LogP contribution is -2.49. The quantitative estimate of drug-likeness (QED) is 0.633. The number of nitrogens with one attached hydrogen (secondary N) is 1. The summed E-state index contributed by atoms with van der Waals surface area (Å²) >= 11 is 0. The van der Waals surface area contributed by atoms with Gasteiger partial charge in [-0.1, -0.05) is 0 Å². The number of aromatic amines is 1. The van der Waals surface area contributed by atoms with Gasteiger partial charge in [0, 0.05) is 25.0 Å². The van der Waals surface area contributed by atoms with E-state index in [0.29, 0.717) is 6.42 Å². The summed E-state index contributed by atoms with van der Waals surface area (Å²) in [4.78, 5) is 9.35. The molecule has 2 atom stereocenters. The minimum absolute atomic E-state index is 0.0556. The van der Waals surface area contributed by atoms with Crippen molar-refractivity contribution < 1.29 is 0 Å². The molecule has 86 valence electrons. The topological polar surface area (TPSA) is 84.0 Å². The third-order valence-electron chi connectivity index (χ3n) is 2.25. The van der Waals surface area contributed by atoms with Gasteiger partial charge in [-0.25, -0.2) is 4.98 Å². The van der Waals surface area contributed by atoms with Crippen molar-refractivity contribution in [1.29, 1.82) is 0 Å². The minimum Gasteiger partial charge on any atom is -0.347 e. The maximum Gasteiger partial charge on any atom is 0.127 e. The van der Waals surface area contributed by atoms with E-state index >= 15 is 0 Å². The number of hydrogen-bond donors (Lipinski definition) is 3. The van der Waals surface area contributed by atoms with Crippen molar-refractivity contribution in [2.24, 2.45) is 11.5 Å². The van der Waals surface area contributed by atoms with Crippen LogP contribution in [0.5, 0.6) is 0 Å². The van der Waals surface area contributed by atoms with Crippen molar-refractivity contribution >= 4 is 0 Å². The number of imidazole rings is 1. The Kier molecular flexibility index (Phi) is 3.84. The van der Waals surface area contributed by atoms with Crippen LogP contribution in [0.3, 0.4) is 0 Å². The monoisotopic (exact) mass is 211 g/mol. The number of likely N-dealkylation sites (N-methyl/N-ethyl adjacent to an activating group) is 1. The van der Waals surface area contributed by atoms with Gasteiger partial charge in [-0.15, -0.1) is 0 Å². The first kappa shape index (κ1) is 12.2. The largest absolute Gasteiger partial charge is 0.347 e. The van der Waals surface area contributed by atoms with Gasteiger partial charge in [0.1, 0.15) is 5.82 Å². The molecule has 0 saturated carbocycles. The average Bonchev–Trinajstić information content (AvgIpc) is 2.51. The number of rotatable bonds is 5. The maximum absolute atomic E-state index is 6.35. The van der Waals surface area contributed by atoms with Crippen LogP contribution in [0.1, 0.15) is 19.2 Å². The number of aromatic nitrogens is 2. The molecular formula is C10H21N5. The zero-order valence-electron chi connectivity index (χ0n) is 9.70. The Morgan fingerprint density at radius 3 is 2.67 bits per heavy atom. The summed E-state index contributed by atoms with van der Waals surface area (Å²) in [6, 6.07) is 0.0556. The second-order valence-electron chi connectivity index (χ2n) is 4.51. The first-order chi connectivity index (χ1) is 6.94. The third kappa shape index (κ3) is 3.30. The van der Waals surface area contributed by atoms with E-state index in [0.717, 1.165) is 12.4 Å². The second kappa shape index (κ2) is 4.74. The predicted molar refractivity (Wildman–Crippen MR) is 61.3 cm³/mol. The highest BCUT2D eigenvalue weighted by Gasteiger charge is 2.31. The van der Waals surface area contributed by atoms with E-state index in [-0.39, 0.29) is 6.04 Å². The summed E-state index contributed by atoms with van der Waals surface area (Å²) in [7, 11) is 3.98. The molecule has 0 aromatic carbocycles. The van der Waals surface area contributed by atoms with Crippen LogP contribution in [0.4, 0.5) is 0 Å². The summed E-state index contributed by atoms with van der Waals surface area (Å²) in [5.41, 5.74) is 11.7. The fraction of sp³-hybridized carbons (Fsp3) is 0.700. The highest BCUT2D eigenvalue weighted by Crippen LogP contribution is 2.20. The van der Waals surface area contributed by atoms with Gasteiger partial charge in [0.15, 0.2) is 0 Å². The van der Waals surface area contributed by atoms with Crippen LogP contribution < -0.4 is 11.5 Å². The van der Waals surface area contributed by atoms with Crippen molar-refractivity contribution in [3.63, 3.8) is 0 Å². The molecule has 5 N–H and O–H groups in total. The van der Waals surface area contributed by atoms with E-state index < -0.39 is 5.54 Å². The Morgan fingerprint density at radius 1 is 1.60 bits per heavy atom.